The van der Waals surface area contributed by atoms with Gasteiger partial charge in [-0.1, -0.05) is 0 Å². The Kier molecular flexibility index (Phi) is 7.68. The molecule has 1 saturated carbocycles. The maximum Gasteiger partial charge on any atom is 0.259 e. The Hall–Kier alpha value is -2.99. The molecule has 1 unspecified atom stereocenters. The van der Waals surface area contributed by atoms with Crippen LogP contribution >= 0.6 is 0 Å². The van der Waals surface area contributed by atoms with Crippen LogP contribution in [-0.2, 0) is 10.0 Å². The number of benzene rings is 1. The molecular formula is C28H37F2N5O4S. The zero-order valence-electron chi connectivity index (χ0n) is 22.9. The number of carbonyl (C=O) groups is 1. The monoisotopic (exact) mass is 577 g/mol. The number of hydrogen-bond acceptors (Lipinski definition) is 7. The SMILES string of the molecule is Cc1cc(NC(=O)c2ccc(NS(=O)(=O)C(C)CO)nc2N2CCC3(CC2)CC3)cc(N2CCC(F)(F)CC2)c1. The average Bonchev–Trinajstić information content (AvgIpc) is 3.66. The first-order valence-corrected chi connectivity index (χ1v) is 15.4. The van der Waals surface area contributed by atoms with Crippen molar-refractivity contribution in [3.05, 3.63) is 41.5 Å². The van der Waals surface area contributed by atoms with Gasteiger partial charge in [0.05, 0.1) is 12.2 Å². The number of aliphatic hydroxyl groups is 1. The van der Waals surface area contributed by atoms with E-state index in [9.17, 15) is 27.1 Å². The van der Waals surface area contributed by atoms with Gasteiger partial charge >= 0.3 is 0 Å². The molecule has 218 valence electrons. The van der Waals surface area contributed by atoms with Crippen LogP contribution < -0.4 is 19.8 Å². The van der Waals surface area contributed by atoms with Gasteiger partial charge in [0.15, 0.2) is 0 Å². The highest BCUT2D eigenvalue weighted by Gasteiger charge is 2.45. The molecule has 0 radical (unpaired) electrons. The minimum atomic E-state index is -3.86. The number of nitrogens with one attached hydrogen (secondary N) is 2. The lowest BCUT2D eigenvalue weighted by molar-refractivity contribution is -0.0220. The van der Waals surface area contributed by atoms with Gasteiger partial charge in [-0.05, 0) is 80.8 Å². The Morgan fingerprint density at radius 1 is 1.02 bits per heavy atom. The number of rotatable bonds is 8. The normalized spacial score (nSPS) is 20.7. The van der Waals surface area contributed by atoms with Gasteiger partial charge in [0.2, 0.25) is 10.0 Å². The molecule has 12 heteroatoms. The highest BCUT2D eigenvalue weighted by Crippen LogP contribution is 2.54. The van der Waals surface area contributed by atoms with Crippen LogP contribution in [0, 0.1) is 12.3 Å². The van der Waals surface area contributed by atoms with Gasteiger partial charge in [0, 0.05) is 50.4 Å². The molecule has 0 bridgehead atoms. The van der Waals surface area contributed by atoms with E-state index in [4.69, 9.17) is 0 Å². The summed E-state index contributed by atoms with van der Waals surface area (Å²) in [6.07, 6.45) is 3.99. The van der Waals surface area contributed by atoms with E-state index in [-0.39, 0.29) is 31.7 Å². The summed E-state index contributed by atoms with van der Waals surface area (Å²) in [5.74, 6) is -2.56. The predicted molar refractivity (Wildman–Crippen MR) is 152 cm³/mol. The number of anilines is 4. The summed E-state index contributed by atoms with van der Waals surface area (Å²) in [7, 11) is -3.86. The number of aryl methyl sites for hydroxylation is 1. The molecule has 40 heavy (non-hydrogen) atoms. The molecule has 2 aromatic rings. The number of halogens is 2. The summed E-state index contributed by atoms with van der Waals surface area (Å²) in [5, 5.41) is 11.3. The molecule has 1 amide bonds. The third-order valence-electron chi connectivity index (χ3n) is 8.41. The van der Waals surface area contributed by atoms with Gasteiger partial charge in [-0.15, -0.1) is 0 Å². The minimum Gasteiger partial charge on any atom is -0.395 e. The Morgan fingerprint density at radius 3 is 2.30 bits per heavy atom. The first kappa shape index (κ1) is 28.5. The number of hydrogen-bond donors (Lipinski definition) is 3. The standard InChI is InChI=1S/C28H37F2N5O4S/c1-19-15-21(17-22(16-19)34-13-9-28(29,30)10-14-34)31-26(37)23-3-4-24(33-40(38,39)20(2)18-36)32-25(23)35-11-7-27(5-6-27)8-12-35/h3-4,15-17,20,36H,5-14,18H2,1-2H3,(H,31,37)(H,32,33). The zero-order chi connectivity index (χ0) is 28.7. The maximum atomic E-state index is 13.7. The van der Waals surface area contributed by atoms with Gasteiger partial charge in [-0.3, -0.25) is 9.52 Å². The number of piperidine rings is 2. The Morgan fingerprint density at radius 2 is 1.68 bits per heavy atom. The van der Waals surface area contributed by atoms with Crippen molar-refractivity contribution in [2.24, 2.45) is 5.41 Å². The first-order chi connectivity index (χ1) is 18.9. The molecule has 1 aliphatic carbocycles. The maximum absolute atomic E-state index is 13.7. The molecule has 1 atom stereocenters. The zero-order valence-corrected chi connectivity index (χ0v) is 23.7. The Balaban J connectivity index is 1.39. The summed E-state index contributed by atoms with van der Waals surface area (Å²) < 4.78 is 54.9. The number of pyridine rings is 1. The van der Waals surface area contributed by atoms with E-state index < -0.39 is 33.7 Å². The van der Waals surface area contributed by atoms with Crippen molar-refractivity contribution in [3.63, 3.8) is 0 Å². The number of aromatic nitrogens is 1. The highest BCUT2D eigenvalue weighted by molar-refractivity contribution is 7.93. The fourth-order valence-electron chi connectivity index (χ4n) is 5.45. The van der Waals surface area contributed by atoms with Crippen LogP contribution in [0.25, 0.3) is 0 Å². The van der Waals surface area contributed by atoms with Crippen LogP contribution in [-0.4, -0.2) is 68.4 Å². The molecule has 2 saturated heterocycles. The molecule has 3 N–H and O–H groups in total. The molecule has 1 aromatic carbocycles. The van der Waals surface area contributed by atoms with E-state index in [1.165, 1.54) is 25.8 Å². The molecule has 5 rings (SSSR count). The van der Waals surface area contributed by atoms with Crippen molar-refractivity contribution >= 4 is 38.9 Å². The molecular weight excluding hydrogens is 540 g/mol. The molecule has 3 fully saturated rings. The van der Waals surface area contributed by atoms with Crippen molar-refractivity contribution < 1.29 is 27.1 Å². The van der Waals surface area contributed by atoms with Gasteiger partial charge in [-0.2, -0.15) is 0 Å². The quantitative estimate of drug-likeness (QED) is 0.427. The van der Waals surface area contributed by atoms with Crippen molar-refractivity contribution in [2.45, 2.75) is 63.5 Å². The number of aliphatic hydroxyl groups excluding tert-OH is 1. The summed E-state index contributed by atoms with van der Waals surface area (Å²) in [6, 6.07) is 8.54. The second-order valence-corrected chi connectivity index (χ2v) is 13.6. The van der Waals surface area contributed by atoms with Gasteiger partial charge < -0.3 is 20.2 Å². The van der Waals surface area contributed by atoms with Crippen LogP contribution in [0.2, 0.25) is 0 Å². The second-order valence-electron chi connectivity index (χ2n) is 11.5. The number of sulfonamides is 1. The summed E-state index contributed by atoms with van der Waals surface area (Å²) in [5.41, 5.74) is 2.91. The largest absolute Gasteiger partial charge is 0.395 e. The second kappa shape index (κ2) is 10.8. The number of amides is 1. The number of carbonyl (C=O) groups excluding carboxylic acids is 1. The fraction of sp³-hybridized carbons (Fsp3) is 0.571. The third kappa shape index (κ3) is 6.33. The van der Waals surface area contributed by atoms with Crippen molar-refractivity contribution in [1.82, 2.24) is 4.98 Å². The van der Waals surface area contributed by atoms with E-state index in [2.05, 4.69) is 15.0 Å². The third-order valence-corrected chi connectivity index (χ3v) is 10.1. The van der Waals surface area contributed by atoms with Gasteiger partial charge in [0.25, 0.3) is 11.8 Å². The van der Waals surface area contributed by atoms with Gasteiger partial charge in [-0.25, -0.2) is 22.2 Å². The van der Waals surface area contributed by atoms with Crippen LogP contribution in [0.1, 0.15) is 61.4 Å². The van der Waals surface area contributed by atoms with Crippen LogP contribution in [0.15, 0.2) is 30.3 Å². The predicted octanol–water partition coefficient (Wildman–Crippen LogP) is 4.38. The molecule has 1 spiro atoms. The fourth-order valence-corrected chi connectivity index (χ4v) is 6.25. The molecule has 2 aliphatic heterocycles. The molecule has 9 nitrogen and oxygen atoms in total. The van der Waals surface area contributed by atoms with Crippen LogP contribution in [0.5, 0.6) is 0 Å². The summed E-state index contributed by atoms with van der Waals surface area (Å²) >= 11 is 0. The summed E-state index contributed by atoms with van der Waals surface area (Å²) in [4.78, 5) is 22.1. The molecule has 3 aliphatic rings. The number of nitrogens with zero attached hydrogens (tertiary/aromatic N) is 3. The van der Waals surface area contributed by atoms with Crippen molar-refractivity contribution in [1.29, 1.82) is 0 Å². The van der Waals surface area contributed by atoms with E-state index in [1.807, 2.05) is 28.9 Å². The van der Waals surface area contributed by atoms with Crippen molar-refractivity contribution in [3.8, 4) is 0 Å². The van der Waals surface area contributed by atoms with E-state index in [1.54, 1.807) is 12.1 Å². The Labute approximate surface area is 234 Å². The topological polar surface area (TPSA) is 115 Å². The number of alkyl halides is 2. The Bertz CT molecular complexity index is 1360. The molecule has 1 aromatic heterocycles. The van der Waals surface area contributed by atoms with Crippen LogP contribution in [0.4, 0.5) is 31.8 Å². The molecule has 3 heterocycles. The van der Waals surface area contributed by atoms with E-state index >= 15 is 0 Å². The van der Waals surface area contributed by atoms with E-state index in [0.717, 1.165) is 24.1 Å². The smallest absolute Gasteiger partial charge is 0.259 e. The minimum absolute atomic E-state index is 0.0818. The lowest BCUT2D eigenvalue weighted by atomic mass is 9.93. The average molecular weight is 578 g/mol. The lowest BCUT2D eigenvalue weighted by Gasteiger charge is -2.34. The van der Waals surface area contributed by atoms with Gasteiger partial charge in [0.1, 0.15) is 16.9 Å². The summed E-state index contributed by atoms with van der Waals surface area (Å²) in [6.45, 7) is 4.66. The van der Waals surface area contributed by atoms with Crippen LogP contribution in [0.3, 0.4) is 0 Å². The lowest BCUT2D eigenvalue weighted by Crippen LogP contribution is -2.39. The first-order valence-electron chi connectivity index (χ1n) is 13.8. The van der Waals surface area contributed by atoms with E-state index in [0.29, 0.717) is 35.6 Å². The van der Waals surface area contributed by atoms with Crippen molar-refractivity contribution in [2.75, 3.05) is 52.6 Å². The highest BCUT2D eigenvalue weighted by atomic mass is 32.2.